The SMILES string of the molecule is COc1cc2c(cc1OC)[C@H](CNC(=O)c1cccs1)N(Cc1ccccc1C)CC2. The zero-order valence-corrected chi connectivity index (χ0v) is 19.0. The van der Waals surface area contributed by atoms with E-state index in [1.165, 1.54) is 33.6 Å². The summed E-state index contributed by atoms with van der Waals surface area (Å²) in [7, 11) is 3.32. The molecule has 0 bridgehead atoms. The van der Waals surface area contributed by atoms with Crippen LogP contribution in [0.1, 0.15) is 38.0 Å². The summed E-state index contributed by atoms with van der Waals surface area (Å²) in [5, 5.41) is 5.07. The Bertz CT molecular complexity index is 1050. The first-order valence-electron chi connectivity index (χ1n) is 10.5. The van der Waals surface area contributed by atoms with E-state index in [0.29, 0.717) is 12.3 Å². The van der Waals surface area contributed by atoms with Gasteiger partial charge in [-0.1, -0.05) is 30.3 Å². The number of rotatable bonds is 7. The molecule has 0 aliphatic carbocycles. The molecule has 1 N–H and O–H groups in total. The smallest absolute Gasteiger partial charge is 0.261 e. The molecule has 2 aromatic carbocycles. The van der Waals surface area contributed by atoms with Gasteiger partial charge in [0.15, 0.2) is 11.5 Å². The highest BCUT2D eigenvalue weighted by Crippen LogP contribution is 2.38. The molecule has 2 heterocycles. The van der Waals surface area contributed by atoms with Crippen molar-refractivity contribution in [2.24, 2.45) is 0 Å². The minimum atomic E-state index is -0.0292. The number of thiophene rings is 1. The maximum absolute atomic E-state index is 12.6. The average Bonchev–Trinajstić information content (AvgIpc) is 3.33. The molecule has 0 radical (unpaired) electrons. The number of benzene rings is 2. The van der Waals surface area contributed by atoms with Gasteiger partial charge in [0.05, 0.1) is 25.1 Å². The van der Waals surface area contributed by atoms with Gasteiger partial charge in [0.2, 0.25) is 0 Å². The van der Waals surface area contributed by atoms with Crippen LogP contribution in [0.4, 0.5) is 0 Å². The molecule has 3 aromatic rings. The first-order valence-corrected chi connectivity index (χ1v) is 11.3. The van der Waals surface area contributed by atoms with Gasteiger partial charge in [-0.05, 0) is 59.2 Å². The summed E-state index contributed by atoms with van der Waals surface area (Å²) >= 11 is 1.46. The molecular weight excluding hydrogens is 408 g/mol. The molecule has 1 aliphatic heterocycles. The third-order valence-corrected chi connectivity index (χ3v) is 6.82. The molecule has 31 heavy (non-hydrogen) atoms. The molecule has 1 aliphatic rings. The van der Waals surface area contributed by atoms with E-state index in [-0.39, 0.29) is 11.9 Å². The molecular formula is C25H28N2O3S. The van der Waals surface area contributed by atoms with Crippen LogP contribution in [0.2, 0.25) is 0 Å². The van der Waals surface area contributed by atoms with Gasteiger partial charge in [-0.3, -0.25) is 9.69 Å². The van der Waals surface area contributed by atoms with Crippen LogP contribution in [-0.4, -0.2) is 38.1 Å². The van der Waals surface area contributed by atoms with E-state index in [1.54, 1.807) is 14.2 Å². The normalized spacial score (nSPS) is 15.9. The summed E-state index contributed by atoms with van der Waals surface area (Å²) < 4.78 is 11.1. The van der Waals surface area contributed by atoms with Crippen molar-refractivity contribution in [3.63, 3.8) is 0 Å². The van der Waals surface area contributed by atoms with Crippen molar-refractivity contribution in [3.8, 4) is 11.5 Å². The van der Waals surface area contributed by atoms with Gasteiger partial charge in [0.1, 0.15) is 0 Å². The van der Waals surface area contributed by atoms with Crippen LogP contribution in [0.5, 0.6) is 11.5 Å². The predicted molar refractivity (Wildman–Crippen MR) is 124 cm³/mol. The second kappa shape index (κ2) is 9.54. The maximum Gasteiger partial charge on any atom is 0.261 e. The number of nitrogens with zero attached hydrogens (tertiary/aromatic N) is 1. The van der Waals surface area contributed by atoms with E-state index in [0.717, 1.165) is 30.1 Å². The molecule has 0 saturated heterocycles. The van der Waals surface area contributed by atoms with E-state index in [2.05, 4.69) is 53.5 Å². The number of fused-ring (bicyclic) bond motifs is 1. The fourth-order valence-corrected chi connectivity index (χ4v) is 4.84. The minimum Gasteiger partial charge on any atom is -0.493 e. The first kappa shape index (κ1) is 21.4. The molecule has 1 aromatic heterocycles. The van der Waals surface area contributed by atoms with Crippen LogP contribution in [0.3, 0.4) is 0 Å². The molecule has 0 fully saturated rings. The Labute approximate surface area is 187 Å². The van der Waals surface area contributed by atoms with Crippen molar-refractivity contribution in [3.05, 3.63) is 81.0 Å². The fraction of sp³-hybridized carbons (Fsp3) is 0.320. The Hall–Kier alpha value is -2.83. The van der Waals surface area contributed by atoms with Gasteiger partial charge >= 0.3 is 0 Å². The average molecular weight is 437 g/mol. The molecule has 4 rings (SSSR count). The topological polar surface area (TPSA) is 50.8 Å². The van der Waals surface area contributed by atoms with Gasteiger partial charge in [0, 0.05) is 19.6 Å². The van der Waals surface area contributed by atoms with E-state index in [4.69, 9.17) is 9.47 Å². The van der Waals surface area contributed by atoms with Gasteiger partial charge in [0.25, 0.3) is 5.91 Å². The van der Waals surface area contributed by atoms with E-state index >= 15 is 0 Å². The molecule has 5 nitrogen and oxygen atoms in total. The molecule has 1 amide bonds. The monoisotopic (exact) mass is 436 g/mol. The highest BCUT2D eigenvalue weighted by atomic mass is 32.1. The van der Waals surface area contributed by atoms with Crippen LogP contribution in [0.15, 0.2) is 53.9 Å². The molecule has 0 saturated carbocycles. The van der Waals surface area contributed by atoms with Crippen LogP contribution < -0.4 is 14.8 Å². The summed E-state index contributed by atoms with van der Waals surface area (Å²) in [5.41, 5.74) is 5.01. The lowest BCUT2D eigenvalue weighted by molar-refractivity contribution is 0.0929. The molecule has 6 heteroatoms. The highest BCUT2D eigenvalue weighted by Gasteiger charge is 2.30. The second-order valence-electron chi connectivity index (χ2n) is 7.76. The molecule has 1 atom stereocenters. The molecule has 0 unspecified atom stereocenters. The lowest BCUT2D eigenvalue weighted by Crippen LogP contribution is -2.41. The van der Waals surface area contributed by atoms with Crippen molar-refractivity contribution in [2.75, 3.05) is 27.3 Å². The van der Waals surface area contributed by atoms with Gasteiger partial charge < -0.3 is 14.8 Å². The number of nitrogens with one attached hydrogen (secondary N) is 1. The number of hydrogen-bond acceptors (Lipinski definition) is 5. The van der Waals surface area contributed by atoms with Crippen LogP contribution in [-0.2, 0) is 13.0 Å². The van der Waals surface area contributed by atoms with Crippen molar-refractivity contribution in [2.45, 2.75) is 25.9 Å². The predicted octanol–water partition coefficient (Wildman–Crippen LogP) is 4.60. The summed E-state index contributed by atoms with van der Waals surface area (Å²) in [6.07, 6.45) is 0.928. The molecule has 162 valence electrons. The number of ether oxygens (including phenoxy) is 2. The summed E-state index contributed by atoms with van der Waals surface area (Å²) in [5.74, 6) is 1.43. The van der Waals surface area contributed by atoms with Crippen LogP contribution in [0.25, 0.3) is 0 Å². The van der Waals surface area contributed by atoms with E-state index in [1.807, 2.05) is 17.5 Å². The quantitative estimate of drug-likeness (QED) is 0.588. The van der Waals surface area contributed by atoms with Gasteiger partial charge in [-0.25, -0.2) is 0 Å². The van der Waals surface area contributed by atoms with Crippen molar-refractivity contribution < 1.29 is 14.3 Å². The Morgan fingerprint density at radius 1 is 1.13 bits per heavy atom. The zero-order valence-electron chi connectivity index (χ0n) is 18.2. The fourth-order valence-electron chi connectivity index (χ4n) is 4.20. The number of hydrogen-bond donors (Lipinski definition) is 1. The number of carbonyl (C=O) groups is 1. The van der Waals surface area contributed by atoms with Gasteiger partial charge in [-0.2, -0.15) is 0 Å². The standard InChI is InChI=1S/C25H28N2O3S/c1-17-7-4-5-8-19(17)16-27-11-10-18-13-22(29-2)23(30-3)14-20(18)21(27)15-26-25(28)24-9-6-12-31-24/h4-9,12-14,21H,10-11,15-16H2,1-3H3,(H,26,28)/t21-/m0/s1. The van der Waals surface area contributed by atoms with Crippen LogP contribution in [0, 0.1) is 6.92 Å². The minimum absolute atomic E-state index is 0.0292. The Balaban J connectivity index is 1.65. The maximum atomic E-state index is 12.6. The number of carbonyl (C=O) groups excluding carboxylic acids is 1. The Morgan fingerprint density at radius 2 is 1.90 bits per heavy atom. The number of methoxy groups -OCH3 is 2. The molecule has 0 spiro atoms. The highest BCUT2D eigenvalue weighted by molar-refractivity contribution is 7.12. The first-order chi connectivity index (χ1) is 15.1. The second-order valence-corrected chi connectivity index (χ2v) is 8.70. The summed E-state index contributed by atoms with van der Waals surface area (Å²) in [6, 6.07) is 16.4. The largest absolute Gasteiger partial charge is 0.493 e. The van der Waals surface area contributed by atoms with Crippen molar-refractivity contribution in [1.82, 2.24) is 10.2 Å². The Morgan fingerprint density at radius 3 is 2.61 bits per heavy atom. The van der Waals surface area contributed by atoms with Crippen molar-refractivity contribution in [1.29, 1.82) is 0 Å². The lowest BCUT2D eigenvalue weighted by Gasteiger charge is -2.38. The van der Waals surface area contributed by atoms with E-state index < -0.39 is 0 Å². The van der Waals surface area contributed by atoms with Gasteiger partial charge in [-0.15, -0.1) is 11.3 Å². The zero-order chi connectivity index (χ0) is 21.8. The van der Waals surface area contributed by atoms with Crippen molar-refractivity contribution >= 4 is 17.2 Å². The number of amides is 1. The number of aryl methyl sites for hydroxylation is 1. The summed E-state index contributed by atoms with van der Waals surface area (Å²) in [6.45, 7) is 4.43. The van der Waals surface area contributed by atoms with Crippen LogP contribution >= 0.6 is 11.3 Å². The summed E-state index contributed by atoms with van der Waals surface area (Å²) in [4.78, 5) is 15.8. The lowest BCUT2D eigenvalue weighted by atomic mass is 9.91. The van der Waals surface area contributed by atoms with E-state index in [9.17, 15) is 4.79 Å². The third-order valence-electron chi connectivity index (χ3n) is 5.95. The Kier molecular flexibility index (Phi) is 6.59. The third kappa shape index (κ3) is 4.60.